The van der Waals surface area contributed by atoms with E-state index >= 15 is 0 Å². The maximum Gasteiger partial charge on any atom is 0.170 e. The Bertz CT molecular complexity index is 671. The summed E-state index contributed by atoms with van der Waals surface area (Å²) < 4.78 is 0. The van der Waals surface area contributed by atoms with Gasteiger partial charge in [-0.2, -0.15) is 0 Å². The van der Waals surface area contributed by atoms with Crippen LogP contribution < -0.4 is 0 Å². The van der Waals surface area contributed by atoms with Crippen LogP contribution in [0.3, 0.4) is 0 Å². The summed E-state index contributed by atoms with van der Waals surface area (Å²) in [6.45, 7) is 7.54. The summed E-state index contributed by atoms with van der Waals surface area (Å²) in [6, 6.07) is 0. The Morgan fingerprint density at radius 1 is 1.33 bits per heavy atom. The van der Waals surface area contributed by atoms with Crippen molar-refractivity contribution in [3.63, 3.8) is 0 Å². The Hall–Kier alpha value is -0.850. The first-order valence-corrected chi connectivity index (χ1v) is 9.36. The Balaban J connectivity index is 1.89. The second-order valence-electron chi connectivity index (χ2n) is 6.48. The molecule has 1 aromatic heterocycles. The topological polar surface area (TPSA) is 31.2 Å². The molecule has 0 saturated heterocycles. The number of fused-ring (bicyclic) bond motifs is 5. The van der Waals surface area contributed by atoms with Crippen LogP contribution in [0.25, 0.3) is 0 Å². The molecular weight excluding hydrogens is 300 g/mol. The van der Waals surface area contributed by atoms with Gasteiger partial charge in [-0.1, -0.05) is 11.8 Å². The van der Waals surface area contributed by atoms with Gasteiger partial charge in [0.25, 0.3) is 0 Å². The summed E-state index contributed by atoms with van der Waals surface area (Å²) >= 11 is 3.58. The van der Waals surface area contributed by atoms with Crippen molar-refractivity contribution in [2.75, 3.05) is 26.4 Å². The van der Waals surface area contributed by atoms with Crippen molar-refractivity contribution in [1.82, 2.24) is 9.80 Å². The molecule has 0 N–H and O–H groups in total. The van der Waals surface area contributed by atoms with Crippen molar-refractivity contribution in [2.24, 2.45) is 9.98 Å². The molecular formula is C15H20N4S2. The van der Waals surface area contributed by atoms with Gasteiger partial charge in [-0.3, -0.25) is 9.89 Å². The summed E-state index contributed by atoms with van der Waals surface area (Å²) in [6.07, 6.45) is 3.19. The Labute approximate surface area is 134 Å². The summed E-state index contributed by atoms with van der Waals surface area (Å²) in [5.74, 6) is 1.17. The highest BCUT2D eigenvalue weighted by molar-refractivity contribution is 8.13. The largest absolute Gasteiger partial charge is 0.303 e. The SMILES string of the molecule is CSC1=Nc2sc3c(c2C2=NCCN12)CC(C)(C)N(C)C3. The third-order valence-corrected chi connectivity index (χ3v) is 6.56. The Morgan fingerprint density at radius 3 is 2.90 bits per heavy atom. The molecule has 0 saturated carbocycles. The molecule has 0 fully saturated rings. The highest BCUT2D eigenvalue weighted by Gasteiger charge is 2.39. The zero-order valence-corrected chi connectivity index (χ0v) is 14.6. The lowest BCUT2D eigenvalue weighted by atomic mass is 9.87. The van der Waals surface area contributed by atoms with E-state index in [1.807, 2.05) is 11.3 Å². The van der Waals surface area contributed by atoms with Gasteiger partial charge in [0.2, 0.25) is 0 Å². The minimum absolute atomic E-state index is 0.204. The van der Waals surface area contributed by atoms with Crippen molar-refractivity contribution in [3.05, 3.63) is 16.0 Å². The lowest BCUT2D eigenvalue weighted by molar-refractivity contribution is 0.135. The maximum absolute atomic E-state index is 4.91. The summed E-state index contributed by atoms with van der Waals surface area (Å²) in [7, 11) is 2.22. The fourth-order valence-corrected chi connectivity index (χ4v) is 5.15. The van der Waals surface area contributed by atoms with Crippen molar-refractivity contribution >= 4 is 39.1 Å². The van der Waals surface area contributed by atoms with Gasteiger partial charge < -0.3 is 4.90 Å². The van der Waals surface area contributed by atoms with Crippen LogP contribution in [0.15, 0.2) is 9.98 Å². The van der Waals surface area contributed by atoms with E-state index in [2.05, 4.69) is 37.0 Å². The van der Waals surface area contributed by atoms with Gasteiger partial charge in [-0.25, -0.2) is 4.99 Å². The molecule has 3 aliphatic rings. The number of hydrogen-bond donors (Lipinski definition) is 0. The molecule has 0 bridgehead atoms. The predicted molar refractivity (Wildman–Crippen MR) is 92.3 cm³/mol. The van der Waals surface area contributed by atoms with E-state index in [-0.39, 0.29) is 5.54 Å². The zero-order valence-electron chi connectivity index (χ0n) is 12.9. The molecule has 21 heavy (non-hydrogen) atoms. The average molecular weight is 320 g/mol. The van der Waals surface area contributed by atoms with Crippen LogP contribution >= 0.6 is 23.1 Å². The van der Waals surface area contributed by atoms with Crippen LogP contribution in [0.4, 0.5) is 5.00 Å². The average Bonchev–Trinajstić information content (AvgIpc) is 3.02. The quantitative estimate of drug-likeness (QED) is 0.736. The molecule has 4 heterocycles. The maximum atomic E-state index is 4.91. The monoisotopic (exact) mass is 320 g/mol. The summed E-state index contributed by atoms with van der Waals surface area (Å²) in [4.78, 5) is 15.9. The third-order valence-electron chi connectivity index (χ3n) is 4.77. The van der Waals surface area contributed by atoms with Crippen molar-refractivity contribution < 1.29 is 0 Å². The highest BCUT2D eigenvalue weighted by atomic mass is 32.2. The number of thiophene rings is 1. The summed E-state index contributed by atoms with van der Waals surface area (Å²) in [5.41, 5.74) is 3.02. The van der Waals surface area contributed by atoms with E-state index in [1.54, 1.807) is 11.8 Å². The van der Waals surface area contributed by atoms with Gasteiger partial charge >= 0.3 is 0 Å². The number of thioether (sulfide) groups is 1. The molecule has 0 unspecified atom stereocenters. The van der Waals surface area contributed by atoms with Gasteiger partial charge in [0.05, 0.1) is 12.1 Å². The van der Waals surface area contributed by atoms with E-state index in [0.717, 1.165) is 31.2 Å². The van der Waals surface area contributed by atoms with Crippen LogP contribution in [0.1, 0.15) is 29.9 Å². The minimum atomic E-state index is 0.204. The van der Waals surface area contributed by atoms with E-state index in [9.17, 15) is 0 Å². The molecule has 1 aromatic rings. The Kier molecular flexibility index (Phi) is 3.00. The van der Waals surface area contributed by atoms with Crippen molar-refractivity contribution in [2.45, 2.75) is 32.4 Å². The number of amidine groups is 2. The lowest BCUT2D eigenvalue weighted by Gasteiger charge is -2.40. The zero-order chi connectivity index (χ0) is 14.8. The van der Waals surface area contributed by atoms with Gasteiger partial charge in [0, 0.05) is 23.5 Å². The van der Waals surface area contributed by atoms with E-state index in [4.69, 9.17) is 9.98 Å². The Morgan fingerprint density at radius 2 is 2.14 bits per heavy atom. The second kappa shape index (κ2) is 4.57. The molecule has 3 aliphatic heterocycles. The molecule has 0 atom stereocenters. The molecule has 0 amide bonds. The van der Waals surface area contributed by atoms with Crippen LogP contribution in [0, 0.1) is 0 Å². The van der Waals surface area contributed by atoms with Crippen LogP contribution in [-0.2, 0) is 13.0 Å². The van der Waals surface area contributed by atoms with Gasteiger partial charge in [-0.15, -0.1) is 11.3 Å². The van der Waals surface area contributed by atoms with Crippen LogP contribution in [-0.4, -0.2) is 52.7 Å². The molecule has 6 heteroatoms. The lowest BCUT2D eigenvalue weighted by Crippen LogP contribution is -2.46. The fraction of sp³-hybridized carbons (Fsp3) is 0.600. The molecule has 0 aliphatic carbocycles. The number of rotatable bonds is 0. The number of aliphatic imine (C=N–C) groups is 2. The highest BCUT2D eigenvalue weighted by Crippen LogP contribution is 2.45. The molecule has 4 rings (SSSR count). The first-order valence-electron chi connectivity index (χ1n) is 7.32. The standard InChI is InChI=1S/C15H20N4S2/c1-15(2)7-9-10(8-18(15)3)21-13-11(9)12-16-5-6-19(12)14(17-13)20-4/h5-8H2,1-4H3. The number of hydrogen-bond acceptors (Lipinski definition) is 6. The number of nitrogens with zero attached hydrogens (tertiary/aromatic N) is 4. The molecule has 0 aromatic carbocycles. The smallest absolute Gasteiger partial charge is 0.170 e. The van der Waals surface area contributed by atoms with Gasteiger partial charge in [-0.05, 0) is 39.1 Å². The fourth-order valence-electron chi connectivity index (χ4n) is 3.27. The van der Waals surface area contributed by atoms with E-state index in [1.165, 1.54) is 26.8 Å². The molecule has 0 radical (unpaired) electrons. The molecule has 4 nitrogen and oxygen atoms in total. The van der Waals surface area contributed by atoms with Gasteiger partial charge in [0.1, 0.15) is 10.8 Å². The second-order valence-corrected chi connectivity index (χ2v) is 8.34. The van der Waals surface area contributed by atoms with Crippen LogP contribution in [0.2, 0.25) is 0 Å². The molecule has 0 spiro atoms. The third kappa shape index (κ3) is 1.92. The van der Waals surface area contributed by atoms with Crippen LogP contribution in [0.5, 0.6) is 0 Å². The first kappa shape index (κ1) is 13.8. The first-order chi connectivity index (χ1) is 10.0. The van der Waals surface area contributed by atoms with Crippen molar-refractivity contribution in [3.8, 4) is 0 Å². The molecule has 112 valence electrons. The van der Waals surface area contributed by atoms with E-state index in [0.29, 0.717) is 0 Å². The minimum Gasteiger partial charge on any atom is -0.303 e. The predicted octanol–water partition coefficient (Wildman–Crippen LogP) is 2.94. The normalized spacial score (nSPS) is 23.3. The van der Waals surface area contributed by atoms with E-state index < -0.39 is 0 Å². The van der Waals surface area contributed by atoms with Gasteiger partial charge in [0.15, 0.2) is 5.17 Å². The number of likely N-dealkylation sites (N-methyl/N-ethyl adjacent to an activating group) is 1. The summed E-state index contributed by atoms with van der Waals surface area (Å²) in [5, 5.41) is 2.28. The van der Waals surface area contributed by atoms with Crippen molar-refractivity contribution in [1.29, 1.82) is 0 Å².